The molecule has 0 aliphatic carbocycles. The van der Waals surface area contributed by atoms with Crippen molar-refractivity contribution >= 4 is 19.8 Å². The van der Waals surface area contributed by atoms with Crippen molar-refractivity contribution in [1.82, 2.24) is 0 Å². The van der Waals surface area contributed by atoms with E-state index in [0.29, 0.717) is 23.9 Å². The Kier molecular flexibility index (Phi) is 41.2. The summed E-state index contributed by atoms with van der Waals surface area (Å²) < 4.78 is 34.4. The fourth-order valence-corrected chi connectivity index (χ4v) is 8.03. The Morgan fingerprint density at radius 1 is 0.542 bits per heavy atom. The second-order valence-corrected chi connectivity index (χ2v) is 19.8. The first-order chi connectivity index (χ1) is 28.5. The fraction of sp³-hybridized carbons (Fsp3) is 0.918. The Labute approximate surface area is 365 Å². The molecule has 0 saturated carbocycles. The van der Waals surface area contributed by atoms with Crippen molar-refractivity contribution in [2.24, 2.45) is 0 Å². The van der Waals surface area contributed by atoms with Gasteiger partial charge in [0, 0.05) is 12.8 Å². The summed E-state index contributed by atoms with van der Waals surface area (Å²) in [6, 6.07) is 0. The number of rotatable bonds is 47. The molecule has 0 bridgehead atoms. The minimum Gasteiger partial charge on any atom is -0.462 e. The van der Waals surface area contributed by atoms with E-state index in [1.807, 2.05) is 27.2 Å². The van der Waals surface area contributed by atoms with Crippen molar-refractivity contribution in [3.8, 4) is 0 Å². The van der Waals surface area contributed by atoms with E-state index in [1.54, 1.807) is 0 Å². The molecule has 0 amide bonds. The third kappa shape index (κ3) is 46.1. The molecule has 1 unspecified atom stereocenters. The number of quaternary nitrogens is 1. The summed E-state index contributed by atoms with van der Waals surface area (Å²) in [7, 11) is 1.49. The number of carbonyl (C=O) groups is 2. The molecule has 0 heterocycles. The minimum absolute atomic E-state index is 0.0346. The molecule has 0 rings (SSSR count). The van der Waals surface area contributed by atoms with Gasteiger partial charge in [-0.3, -0.25) is 18.6 Å². The number of phosphoric acid groups is 1. The van der Waals surface area contributed by atoms with Gasteiger partial charge in [-0.15, -0.1) is 6.58 Å². The smallest absolute Gasteiger partial charge is 0.462 e. The molecule has 350 valence electrons. The van der Waals surface area contributed by atoms with E-state index >= 15 is 0 Å². The number of carbonyl (C=O) groups excluding carboxylic acids is 2. The van der Waals surface area contributed by atoms with Crippen LogP contribution in [0.4, 0.5) is 0 Å². The third-order valence-electron chi connectivity index (χ3n) is 11.2. The maximum Gasteiger partial charge on any atom is 0.472 e. The topological polar surface area (TPSA) is 108 Å². The van der Waals surface area contributed by atoms with Crippen molar-refractivity contribution in [1.29, 1.82) is 0 Å². The maximum atomic E-state index is 12.7. The van der Waals surface area contributed by atoms with Gasteiger partial charge < -0.3 is 18.9 Å². The Bertz CT molecular complexity index is 1000. The fourth-order valence-electron chi connectivity index (χ4n) is 7.29. The van der Waals surface area contributed by atoms with Crippen LogP contribution in [0.1, 0.15) is 238 Å². The highest BCUT2D eigenvalue weighted by molar-refractivity contribution is 7.47. The molecule has 0 aliphatic rings. The van der Waals surface area contributed by atoms with E-state index in [4.69, 9.17) is 18.5 Å². The van der Waals surface area contributed by atoms with Crippen molar-refractivity contribution in [3.63, 3.8) is 0 Å². The summed E-state index contributed by atoms with van der Waals surface area (Å²) in [5.74, 6) is -0.786. The van der Waals surface area contributed by atoms with Crippen LogP contribution in [0.15, 0.2) is 12.7 Å². The van der Waals surface area contributed by atoms with E-state index in [1.165, 1.54) is 173 Å². The number of ether oxygens (including phenoxy) is 2. The van der Waals surface area contributed by atoms with Crippen LogP contribution in [0.3, 0.4) is 0 Å². The van der Waals surface area contributed by atoms with Gasteiger partial charge in [0.15, 0.2) is 6.10 Å². The molecule has 59 heavy (non-hydrogen) atoms. The van der Waals surface area contributed by atoms with Gasteiger partial charge in [0.1, 0.15) is 19.8 Å². The summed E-state index contributed by atoms with van der Waals surface area (Å²) in [6.45, 7) is 5.99. The van der Waals surface area contributed by atoms with E-state index in [2.05, 4.69) is 13.5 Å². The summed E-state index contributed by atoms with van der Waals surface area (Å²) >= 11 is 0. The number of allylic oxidation sites excluding steroid dienone is 1. The first-order valence-electron chi connectivity index (χ1n) is 24.9. The summed E-state index contributed by atoms with van der Waals surface area (Å²) in [6.07, 6.45) is 44.4. The van der Waals surface area contributed by atoms with E-state index in [0.717, 1.165) is 38.5 Å². The van der Waals surface area contributed by atoms with Crippen LogP contribution in [0.25, 0.3) is 0 Å². The molecule has 0 saturated heterocycles. The van der Waals surface area contributed by atoms with Crippen LogP contribution in [0.2, 0.25) is 0 Å². The number of phosphoric ester groups is 1. The van der Waals surface area contributed by atoms with Crippen LogP contribution < -0.4 is 0 Å². The first kappa shape index (κ1) is 57.8. The largest absolute Gasteiger partial charge is 0.472 e. The number of nitrogens with zero attached hydrogens (tertiary/aromatic N) is 1. The number of unbranched alkanes of at least 4 members (excludes halogenated alkanes) is 32. The molecule has 0 fully saturated rings. The molecule has 0 aliphatic heterocycles. The van der Waals surface area contributed by atoms with Gasteiger partial charge in [-0.2, -0.15) is 0 Å². The zero-order valence-corrected chi connectivity index (χ0v) is 40.2. The monoisotopic (exact) mass is 859 g/mol. The standard InChI is InChI=1S/C49H96NO8P/c1-6-8-10-12-14-16-18-20-22-23-24-25-26-28-29-31-33-35-37-39-41-48(51)55-45-47(46-57-59(53,54)56-44-43-50(3,4)5)58-49(52)42-40-38-36-34-32-30-27-21-19-17-15-13-11-9-7-2/h7,47H,2,6,8-46H2,1,3-5H3/p+1/t47-/m1/s1. The van der Waals surface area contributed by atoms with E-state index < -0.39 is 26.5 Å². The second-order valence-electron chi connectivity index (χ2n) is 18.3. The van der Waals surface area contributed by atoms with E-state index in [9.17, 15) is 19.0 Å². The van der Waals surface area contributed by atoms with Gasteiger partial charge in [-0.05, 0) is 25.7 Å². The molecule has 0 spiro atoms. The molecule has 0 aromatic carbocycles. The van der Waals surface area contributed by atoms with Gasteiger partial charge in [-0.25, -0.2) is 4.57 Å². The van der Waals surface area contributed by atoms with Gasteiger partial charge >= 0.3 is 19.8 Å². The second kappa shape index (κ2) is 42.1. The SMILES string of the molecule is C=CCCCCCCCCCCCCCCCC(=O)O[C@H](COC(=O)CCCCCCCCCCCCCCCCCCCCCC)COP(=O)(O)OCC[N+](C)(C)C. The predicted molar refractivity (Wildman–Crippen MR) is 248 cm³/mol. The van der Waals surface area contributed by atoms with Crippen LogP contribution >= 0.6 is 7.82 Å². The van der Waals surface area contributed by atoms with Crippen molar-refractivity contribution in [2.45, 2.75) is 244 Å². The minimum atomic E-state index is -4.37. The normalized spacial score (nSPS) is 13.3. The van der Waals surface area contributed by atoms with Gasteiger partial charge in [0.05, 0.1) is 27.7 Å². The van der Waals surface area contributed by atoms with Gasteiger partial charge in [0.25, 0.3) is 0 Å². The molecule has 0 radical (unpaired) electrons. The molecule has 0 aromatic heterocycles. The highest BCUT2D eigenvalue weighted by Crippen LogP contribution is 2.43. The zero-order chi connectivity index (χ0) is 43.6. The number of hydrogen-bond acceptors (Lipinski definition) is 7. The third-order valence-corrected chi connectivity index (χ3v) is 12.2. The number of likely N-dealkylation sites (N-methyl/N-ethyl adjacent to an activating group) is 1. The molecular weight excluding hydrogens is 762 g/mol. The highest BCUT2D eigenvalue weighted by Gasteiger charge is 2.27. The Morgan fingerprint density at radius 2 is 0.898 bits per heavy atom. The summed E-state index contributed by atoms with van der Waals surface area (Å²) in [4.78, 5) is 35.5. The number of hydrogen-bond donors (Lipinski definition) is 1. The van der Waals surface area contributed by atoms with Crippen molar-refractivity contribution in [2.75, 3.05) is 47.5 Å². The van der Waals surface area contributed by atoms with Crippen LogP contribution in [-0.4, -0.2) is 74.9 Å². The Balaban J connectivity index is 4.19. The lowest BCUT2D eigenvalue weighted by Crippen LogP contribution is -2.37. The average Bonchev–Trinajstić information content (AvgIpc) is 3.19. The summed E-state index contributed by atoms with van der Waals surface area (Å²) in [5, 5.41) is 0. The molecular formula is C49H97NO8P+. The number of esters is 2. The van der Waals surface area contributed by atoms with Crippen LogP contribution in [0, 0.1) is 0 Å². The Hall–Kier alpha value is -1.25. The lowest BCUT2D eigenvalue weighted by atomic mass is 10.0. The van der Waals surface area contributed by atoms with Crippen molar-refractivity contribution in [3.05, 3.63) is 12.7 Å². The molecule has 9 nitrogen and oxygen atoms in total. The van der Waals surface area contributed by atoms with Crippen LogP contribution in [0.5, 0.6) is 0 Å². The zero-order valence-electron chi connectivity index (χ0n) is 39.3. The molecule has 2 atom stereocenters. The van der Waals surface area contributed by atoms with Gasteiger partial charge in [0.2, 0.25) is 0 Å². The molecule has 0 aromatic rings. The first-order valence-corrected chi connectivity index (χ1v) is 26.4. The quantitative estimate of drug-likeness (QED) is 0.0212. The lowest BCUT2D eigenvalue weighted by Gasteiger charge is -2.24. The van der Waals surface area contributed by atoms with E-state index in [-0.39, 0.29) is 25.6 Å². The van der Waals surface area contributed by atoms with Gasteiger partial charge in [-0.1, -0.05) is 206 Å². The van der Waals surface area contributed by atoms with Crippen molar-refractivity contribution < 1.29 is 42.1 Å². The van der Waals surface area contributed by atoms with Crippen LogP contribution in [-0.2, 0) is 32.7 Å². The average molecular weight is 859 g/mol. The molecule has 1 N–H and O–H groups in total. The lowest BCUT2D eigenvalue weighted by molar-refractivity contribution is -0.870. The maximum absolute atomic E-state index is 12.7. The Morgan fingerprint density at radius 3 is 1.27 bits per heavy atom. The highest BCUT2D eigenvalue weighted by atomic mass is 31.2. The predicted octanol–water partition coefficient (Wildman–Crippen LogP) is 14.5. The summed E-state index contributed by atoms with van der Waals surface area (Å²) in [5.41, 5.74) is 0. The molecule has 10 heteroatoms.